The van der Waals surface area contributed by atoms with E-state index in [-0.39, 0.29) is 0 Å². The highest BCUT2D eigenvalue weighted by Gasteiger charge is 2.07. The Morgan fingerprint density at radius 2 is 2.04 bits per heavy atom. The Bertz CT molecular complexity index is 785. The SMILES string of the molecule is C1CN1.Cc1ncsc1-c1ccnc(Nc2cccc(Cl)c2)n1. The average molecular weight is 346 g/mol. The molecule has 3 aromatic rings. The van der Waals surface area contributed by atoms with Gasteiger partial charge < -0.3 is 10.6 Å². The van der Waals surface area contributed by atoms with E-state index in [2.05, 4.69) is 25.6 Å². The lowest BCUT2D eigenvalue weighted by atomic mass is 10.3. The fraction of sp³-hybridized carbons (Fsp3) is 0.188. The third-order valence-corrected chi connectivity index (χ3v) is 4.15. The van der Waals surface area contributed by atoms with E-state index in [4.69, 9.17) is 11.6 Å². The van der Waals surface area contributed by atoms with Crippen molar-refractivity contribution in [3.05, 3.63) is 52.8 Å². The maximum atomic E-state index is 5.96. The van der Waals surface area contributed by atoms with Crippen LogP contribution in [0.25, 0.3) is 10.6 Å². The van der Waals surface area contributed by atoms with Gasteiger partial charge in [0.25, 0.3) is 0 Å². The molecule has 7 heteroatoms. The number of aryl methyl sites for hydroxylation is 1. The van der Waals surface area contributed by atoms with Gasteiger partial charge in [-0.3, -0.25) is 0 Å². The normalized spacial score (nSPS) is 12.3. The number of anilines is 2. The molecular weight excluding hydrogens is 330 g/mol. The molecule has 0 saturated carbocycles. The molecule has 2 N–H and O–H groups in total. The topological polar surface area (TPSA) is 72.6 Å². The van der Waals surface area contributed by atoms with E-state index in [1.807, 2.05) is 42.8 Å². The molecule has 3 heterocycles. The average Bonchev–Trinajstić information content (AvgIpc) is 3.36. The van der Waals surface area contributed by atoms with Crippen LogP contribution in [0.4, 0.5) is 11.6 Å². The molecule has 1 aromatic carbocycles. The number of hydrogen-bond acceptors (Lipinski definition) is 6. The summed E-state index contributed by atoms with van der Waals surface area (Å²) >= 11 is 7.53. The number of nitrogens with zero attached hydrogens (tertiary/aromatic N) is 3. The van der Waals surface area contributed by atoms with E-state index in [9.17, 15) is 0 Å². The Hall–Kier alpha value is -2.02. The molecule has 2 aromatic heterocycles. The first-order chi connectivity index (χ1) is 11.2. The lowest BCUT2D eigenvalue weighted by molar-refractivity contribution is 1.16. The monoisotopic (exact) mass is 345 g/mol. The molecular formula is C16H16ClN5S. The number of aromatic nitrogens is 3. The second kappa shape index (κ2) is 7.50. The van der Waals surface area contributed by atoms with Crippen molar-refractivity contribution in [2.24, 2.45) is 0 Å². The molecule has 4 rings (SSSR count). The van der Waals surface area contributed by atoms with Crippen molar-refractivity contribution >= 4 is 34.6 Å². The van der Waals surface area contributed by atoms with Gasteiger partial charge >= 0.3 is 0 Å². The number of hydrogen-bond donors (Lipinski definition) is 2. The van der Waals surface area contributed by atoms with E-state index in [0.29, 0.717) is 11.0 Å². The van der Waals surface area contributed by atoms with Crippen molar-refractivity contribution in [3.63, 3.8) is 0 Å². The van der Waals surface area contributed by atoms with Crippen LogP contribution in [0, 0.1) is 6.92 Å². The van der Waals surface area contributed by atoms with Crippen molar-refractivity contribution in [1.82, 2.24) is 20.3 Å². The largest absolute Gasteiger partial charge is 0.324 e. The first-order valence-electron chi connectivity index (χ1n) is 7.19. The van der Waals surface area contributed by atoms with Crippen LogP contribution in [-0.4, -0.2) is 28.0 Å². The Morgan fingerprint density at radius 1 is 1.22 bits per heavy atom. The van der Waals surface area contributed by atoms with Crippen LogP contribution in [0.1, 0.15) is 5.69 Å². The summed E-state index contributed by atoms with van der Waals surface area (Å²) in [6.07, 6.45) is 1.73. The highest BCUT2D eigenvalue weighted by atomic mass is 35.5. The van der Waals surface area contributed by atoms with E-state index < -0.39 is 0 Å². The molecule has 0 amide bonds. The Balaban J connectivity index is 0.000000468. The van der Waals surface area contributed by atoms with Gasteiger partial charge in [0.15, 0.2) is 0 Å². The Kier molecular flexibility index (Phi) is 5.17. The molecule has 23 heavy (non-hydrogen) atoms. The van der Waals surface area contributed by atoms with Crippen molar-refractivity contribution in [2.75, 3.05) is 18.4 Å². The summed E-state index contributed by atoms with van der Waals surface area (Å²) in [5.74, 6) is 0.539. The second-order valence-corrected chi connectivity index (χ2v) is 6.21. The van der Waals surface area contributed by atoms with Crippen LogP contribution in [0.2, 0.25) is 5.02 Å². The molecule has 0 aliphatic carbocycles. The van der Waals surface area contributed by atoms with Gasteiger partial charge in [-0.1, -0.05) is 17.7 Å². The predicted molar refractivity (Wildman–Crippen MR) is 95.5 cm³/mol. The summed E-state index contributed by atoms with van der Waals surface area (Å²) in [6.45, 7) is 4.47. The van der Waals surface area contributed by atoms with E-state index in [1.165, 1.54) is 13.1 Å². The summed E-state index contributed by atoms with van der Waals surface area (Å²) in [4.78, 5) is 14.0. The van der Waals surface area contributed by atoms with E-state index in [1.54, 1.807) is 17.5 Å². The molecule has 0 unspecified atom stereocenters. The summed E-state index contributed by atoms with van der Waals surface area (Å²) in [6, 6.07) is 9.33. The van der Waals surface area contributed by atoms with Gasteiger partial charge in [-0.2, -0.15) is 0 Å². The number of benzene rings is 1. The summed E-state index contributed by atoms with van der Waals surface area (Å²) in [5.41, 5.74) is 4.51. The van der Waals surface area contributed by atoms with Gasteiger partial charge in [0, 0.05) is 30.0 Å². The maximum Gasteiger partial charge on any atom is 0.227 e. The zero-order valence-electron chi connectivity index (χ0n) is 12.6. The molecule has 1 saturated heterocycles. The lowest BCUT2D eigenvalue weighted by Gasteiger charge is -2.06. The van der Waals surface area contributed by atoms with Gasteiger partial charge in [0.2, 0.25) is 5.95 Å². The standard InChI is InChI=1S/C14H11ClN4S.C2H5N/c1-9-13(20-8-17-9)12-5-6-16-14(19-12)18-11-4-2-3-10(15)7-11;1-2-3-1/h2-8H,1H3,(H,16,18,19);3H,1-2H2. The zero-order chi connectivity index (χ0) is 16.1. The third kappa shape index (κ3) is 4.72. The predicted octanol–water partition coefficient (Wildman–Crippen LogP) is 3.90. The van der Waals surface area contributed by atoms with Crippen LogP contribution in [0.3, 0.4) is 0 Å². The van der Waals surface area contributed by atoms with Crippen molar-refractivity contribution in [2.45, 2.75) is 6.92 Å². The summed E-state index contributed by atoms with van der Waals surface area (Å²) < 4.78 is 0. The first kappa shape index (κ1) is 15.9. The molecule has 1 aliphatic heterocycles. The lowest BCUT2D eigenvalue weighted by Crippen LogP contribution is -1.97. The number of nitrogens with one attached hydrogen (secondary N) is 2. The third-order valence-electron chi connectivity index (χ3n) is 2.96. The number of halogens is 1. The Labute approximate surface area is 143 Å². The molecule has 0 bridgehead atoms. The van der Waals surface area contributed by atoms with Gasteiger partial charge in [0.05, 0.1) is 21.8 Å². The zero-order valence-corrected chi connectivity index (χ0v) is 14.2. The molecule has 1 fully saturated rings. The quantitative estimate of drug-likeness (QED) is 0.704. The van der Waals surface area contributed by atoms with Crippen molar-refractivity contribution < 1.29 is 0 Å². The fourth-order valence-corrected chi connectivity index (χ4v) is 2.75. The number of rotatable bonds is 3. The number of thiazole rings is 1. The van der Waals surface area contributed by atoms with Gasteiger partial charge in [0.1, 0.15) is 0 Å². The van der Waals surface area contributed by atoms with Gasteiger partial charge in [-0.25, -0.2) is 15.0 Å². The molecule has 5 nitrogen and oxygen atoms in total. The maximum absolute atomic E-state index is 5.96. The summed E-state index contributed by atoms with van der Waals surface area (Å²) in [5, 5.41) is 6.81. The van der Waals surface area contributed by atoms with E-state index in [0.717, 1.165) is 22.0 Å². The minimum Gasteiger partial charge on any atom is -0.324 e. The van der Waals surface area contributed by atoms with Crippen LogP contribution < -0.4 is 10.6 Å². The smallest absolute Gasteiger partial charge is 0.227 e. The molecule has 0 atom stereocenters. The van der Waals surface area contributed by atoms with Crippen LogP contribution in [0.5, 0.6) is 0 Å². The van der Waals surface area contributed by atoms with Gasteiger partial charge in [-0.05, 0) is 31.2 Å². The van der Waals surface area contributed by atoms with Crippen LogP contribution >= 0.6 is 22.9 Å². The fourth-order valence-electron chi connectivity index (χ4n) is 1.79. The highest BCUT2D eigenvalue weighted by molar-refractivity contribution is 7.13. The Morgan fingerprint density at radius 3 is 2.70 bits per heavy atom. The molecule has 118 valence electrons. The molecule has 0 spiro atoms. The molecule has 0 radical (unpaired) electrons. The van der Waals surface area contributed by atoms with Crippen LogP contribution in [0.15, 0.2) is 42.0 Å². The van der Waals surface area contributed by atoms with Crippen molar-refractivity contribution in [1.29, 1.82) is 0 Å². The first-order valence-corrected chi connectivity index (χ1v) is 8.45. The minimum atomic E-state index is 0.539. The van der Waals surface area contributed by atoms with Gasteiger partial charge in [-0.15, -0.1) is 11.3 Å². The highest BCUT2D eigenvalue weighted by Crippen LogP contribution is 2.26. The summed E-state index contributed by atoms with van der Waals surface area (Å²) in [7, 11) is 0. The van der Waals surface area contributed by atoms with Crippen molar-refractivity contribution in [3.8, 4) is 10.6 Å². The minimum absolute atomic E-state index is 0.539. The van der Waals surface area contributed by atoms with Crippen LogP contribution in [-0.2, 0) is 0 Å². The van der Waals surface area contributed by atoms with E-state index >= 15 is 0 Å². The molecule has 1 aliphatic rings. The second-order valence-electron chi connectivity index (χ2n) is 4.92.